The summed E-state index contributed by atoms with van der Waals surface area (Å²) in [6, 6.07) is 14.6. The van der Waals surface area contributed by atoms with Crippen molar-refractivity contribution in [3.63, 3.8) is 0 Å². The van der Waals surface area contributed by atoms with Gasteiger partial charge in [-0.15, -0.1) is 0 Å². The van der Waals surface area contributed by atoms with Crippen molar-refractivity contribution in [3.05, 3.63) is 54.6 Å². The molecule has 0 spiro atoms. The SMILES string of the molecule is O=C(O)CCN(C1(C(=O)NO)CCC1)S(=O)(=O)c1ccc(Oc2ccccc2)cc1. The first-order valence-corrected chi connectivity index (χ1v) is 10.8. The molecule has 1 saturated carbocycles. The molecule has 30 heavy (non-hydrogen) atoms. The van der Waals surface area contributed by atoms with Gasteiger partial charge in [0.2, 0.25) is 10.0 Å². The van der Waals surface area contributed by atoms with E-state index in [4.69, 9.17) is 15.1 Å². The molecule has 0 saturated heterocycles. The van der Waals surface area contributed by atoms with E-state index in [1.165, 1.54) is 29.7 Å². The van der Waals surface area contributed by atoms with Gasteiger partial charge in [-0.2, -0.15) is 4.31 Å². The van der Waals surface area contributed by atoms with Gasteiger partial charge in [0.25, 0.3) is 5.91 Å². The predicted molar refractivity (Wildman–Crippen MR) is 106 cm³/mol. The van der Waals surface area contributed by atoms with E-state index in [0.717, 1.165) is 4.31 Å². The van der Waals surface area contributed by atoms with Gasteiger partial charge < -0.3 is 9.84 Å². The summed E-state index contributed by atoms with van der Waals surface area (Å²) in [6.45, 7) is -0.395. The zero-order valence-corrected chi connectivity index (χ0v) is 16.8. The maximum absolute atomic E-state index is 13.3. The van der Waals surface area contributed by atoms with Crippen LogP contribution in [-0.4, -0.2) is 47.0 Å². The summed E-state index contributed by atoms with van der Waals surface area (Å²) in [5.41, 5.74) is 0.0117. The molecule has 1 amide bonds. The van der Waals surface area contributed by atoms with Crippen molar-refractivity contribution in [3.8, 4) is 11.5 Å². The van der Waals surface area contributed by atoms with Crippen molar-refractivity contribution in [2.75, 3.05) is 6.54 Å². The number of carboxylic acid groups (broad SMARTS) is 1. The first-order chi connectivity index (χ1) is 14.3. The second-order valence-electron chi connectivity index (χ2n) is 6.93. The van der Waals surface area contributed by atoms with Crippen LogP contribution in [0.3, 0.4) is 0 Å². The number of carbonyl (C=O) groups excluding carboxylic acids is 1. The molecular formula is C20H22N2O7S. The van der Waals surface area contributed by atoms with E-state index in [1.807, 2.05) is 6.07 Å². The second-order valence-corrected chi connectivity index (χ2v) is 8.80. The lowest BCUT2D eigenvalue weighted by Crippen LogP contribution is -2.64. The summed E-state index contributed by atoms with van der Waals surface area (Å²) in [7, 11) is -4.22. The zero-order chi connectivity index (χ0) is 21.8. The summed E-state index contributed by atoms with van der Waals surface area (Å²) >= 11 is 0. The molecule has 0 heterocycles. The van der Waals surface area contributed by atoms with E-state index >= 15 is 0 Å². The van der Waals surface area contributed by atoms with Gasteiger partial charge >= 0.3 is 5.97 Å². The van der Waals surface area contributed by atoms with E-state index in [-0.39, 0.29) is 17.7 Å². The highest BCUT2D eigenvalue weighted by atomic mass is 32.2. The van der Waals surface area contributed by atoms with Gasteiger partial charge in [-0.05, 0) is 55.7 Å². The van der Waals surface area contributed by atoms with E-state index in [9.17, 15) is 18.0 Å². The Kier molecular flexibility index (Phi) is 6.40. The van der Waals surface area contributed by atoms with Crippen LogP contribution in [-0.2, 0) is 19.6 Å². The molecule has 0 bridgehead atoms. The fraction of sp³-hybridized carbons (Fsp3) is 0.300. The Balaban J connectivity index is 1.90. The molecule has 2 aromatic rings. The Labute approximate surface area is 173 Å². The number of carbonyl (C=O) groups is 2. The fourth-order valence-electron chi connectivity index (χ4n) is 3.40. The summed E-state index contributed by atoms with van der Waals surface area (Å²) < 4.78 is 33.2. The van der Waals surface area contributed by atoms with Gasteiger partial charge in [0, 0.05) is 6.54 Å². The number of benzene rings is 2. The van der Waals surface area contributed by atoms with Crippen LogP contribution in [0.25, 0.3) is 0 Å². The fourth-order valence-corrected chi connectivity index (χ4v) is 5.19. The number of aliphatic carboxylic acids is 1. The Bertz CT molecular complexity index is 1000. The van der Waals surface area contributed by atoms with Gasteiger partial charge in [-0.3, -0.25) is 14.8 Å². The number of nitrogens with zero attached hydrogens (tertiary/aromatic N) is 1. The van der Waals surface area contributed by atoms with Crippen molar-refractivity contribution >= 4 is 21.9 Å². The zero-order valence-electron chi connectivity index (χ0n) is 16.0. The molecule has 160 valence electrons. The molecular weight excluding hydrogens is 412 g/mol. The molecule has 1 aliphatic carbocycles. The number of amides is 1. The minimum Gasteiger partial charge on any atom is -0.481 e. The third kappa shape index (κ3) is 4.30. The molecule has 0 atom stereocenters. The molecule has 1 fully saturated rings. The minimum atomic E-state index is -4.22. The van der Waals surface area contributed by atoms with Crippen LogP contribution in [0.2, 0.25) is 0 Å². The monoisotopic (exact) mass is 434 g/mol. The van der Waals surface area contributed by atoms with E-state index in [0.29, 0.717) is 17.9 Å². The summed E-state index contributed by atoms with van der Waals surface area (Å²) in [5.74, 6) is -1.06. The lowest BCUT2D eigenvalue weighted by Gasteiger charge is -2.46. The van der Waals surface area contributed by atoms with Crippen LogP contribution in [0.5, 0.6) is 11.5 Å². The van der Waals surface area contributed by atoms with Crippen molar-refractivity contribution in [1.29, 1.82) is 0 Å². The largest absolute Gasteiger partial charge is 0.481 e. The maximum atomic E-state index is 13.3. The van der Waals surface area contributed by atoms with Crippen LogP contribution in [0.15, 0.2) is 59.5 Å². The maximum Gasteiger partial charge on any atom is 0.304 e. The summed E-state index contributed by atoms with van der Waals surface area (Å²) in [6.07, 6.45) is 0.478. The van der Waals surface area contributed by atoms with E-state index in [1.54, 1.807) is 24.3 Å². The number of sulfonamides is 1. The number of para-hydroxylation sites is 1. The Morgan fingerprint density at radius 3 is 2.13 bits per heavy atom. The Morgan fingerprint density at radius 2 is 1.63 bits per heavy atom. The topological polar surface area (TPSA) is 133 Å². The number of hydrogen-bond donors (Lipinski definition) is 3. The first kappa shape index (κ1) is 21.8. The molecule has 10 heteroatoms. The van der Waals surface area contributed by atoms with E-state index < -0.39 is 40.4 Å². The van der Waals surface area contributed by atoms with E-state index in [2.05, 4.69) is 0 Å². The third-order valence-electron chi connectivity index (χ3n) is 5.10. The van der Waals surface area contributed by atoms with Crippen LogP contribution in [0.4, 0.5) is 0 Å². The highest BCUT2D eigenvalue weighted by Crippen LogP contribution is 2.41. The van der Waals surface area contributed by atoms with Gasteiger partial charge in [-0.1, -0.05) is 18.2 Å². The smallest absolute Gasteiger partial charge is 0.304 e. The lowest BCUT2D eigenvalue weighted by atomic mass is 9.76. The number of hydrogen-bond acceptors (Lipinski definition) is 6. The average molecular weight is 434 g/mol. The minimum absolute atomic E-state index is 0.106. The van der Waals surface area contributed by atoms with Crippen molar-refractivity contribution < 1.29 is 33.1 Å². The van der Waals surface area contributed by atoms with Crippen molar-refractivity contribution in [2.45, 2.75) is 36.1 Å². The first-order valence-electron chi connectivity index (χ1n) is 9.32. The highest BCUT2D eigenvalue weighted by Gasteiger charge is 2.53. The standard InChI is InChI=1S/C20H22N2O7S/c23-18(24)11-14-22(20(12-4-13-20)19(25)21-26)30(27,28)17-9-7-16(8-10-17)29-15-5-2-1-3-6-15/h1-3,5-10,26H,4,11-14H2,(H,21,25)(H,23,24). The molecule has 3 rings (SSSR count). The van der Waals surface area contributed by atoms with Crippen LogP contribution in [0.1, 0.15) is 25.7 Å². The second kappa shape index (κ2) is 8.82. The number of nitrogens with one attached hydrogen (secondary N) is 1. The summed E-state index contributed by atoms with van der Waals surface area (Å²) in [5, 5.41) is 18.2. The number of rotatable bonds is 9. The van der Waals surface area contributed by atoms with Crippen molar-refractivity contribution in [1.82, 2.24) is 9.79 Å². The quantitative estimate of drug-likeness (QED) is 0.407. The third-order valence-corrected chi connectivity index (χ3v) is 7.08. The van der Waals surface area contributed by atoms with Crippen LogP contribution >= 0.6 is 0 Å². The highest BCUT2D eigenvalue weighted by molar-refractivity contribution is 7.89. The molecule has 0 aromatic heterocycles. The van der Waals surface area contributed by atoms with Crippen LogP contribution in [0, 0.1) is 0 Å². The number of hydroxylamine groups is 1. The normalized spacial score (nSPS) is 15.3. The van der Waals surface area contributed by atoms with Gasteiger partial charge in [0.1, 0.15) is 17.0 Å². The Hall–Kier alpha value is -2.95. The molecule has 3 N–H and O–H groups in total. The predicted octanol–water partition coefficient (Wildman–Crippen LogP) is 2.37. The molecule has 0 radical (unpaired) electrons. The van der Waals surface area contributed by atoms with Gasteiger partial charge in [0.05, 0.1) is 11.3 Å². The average Bonchev–Trinajstić information content (AvgIpc) is 2.70. The van der Waals surface area contributed by atoms with Crippen molar-refractivity contribution in [2.24, 2.45) is 0 Å². The molecule has 1 aliphatic rings. The molecule has 2 aromatic carbocycles. The summed E-state index contributed by atoms with van der Waals surface area (Å²) in [4.78, 5) is 23.3. The molecule has 0 aliphatic heterocycles. The lowest BCUT2D eigenvalue weighted by molar-refractivity contribution is -0.146. The number of ether oxygens (including phenoxy) is 1. The van der Waals surface area contributed by atoms with Gasteiger partial charge in [0.15, 0.2) is 0 Å². The number of carboxylic acids is 1. The van der Waals surface area contributed by atoms with Crippen LogP contribution < -0.4 is 10.2 Å². The molecule has 9 nitrogen and oxygen atoms in total. The molecule has 0 unspecified atom stereocenters. The Morgan fingerprint density at radius 1 is 1.03 bits per heavy atom. The van der Waals surface area contributed by atoms with Gasteiger partial charge in [-0.25, -0.2) is 13.9 Å².